The first-order valence-electron chi connectivity index (χ1n) is 6.68. The molecular weight excluding hydrogens is 240 g/mol. The van der Waals surface area contributed by atoms with Gasteiger partial charge in [0.25, 0.3) is 0 Å². The molecule has 4 heteroatoms. The molecule has 1 aliphatic rings. The van der Waals surface area contributed by atoms with Crippen LogP contribution in [0.4, 0.5) is 5.69 Å². The molecule has 0 radical (unpaired) electrons. The molecule has 0 aromatic heterocycles. The summed E-state index contributed by atoms with van der Waals surface area (Å²) in [7, 11) is 1.64. The third kappa shape index (κ3) is 2.73. The van der Waals surface area contributed by atoms with Crippen LogP contribution in [0, 0.1) is 0 Å². The van der Waals surface area contributed by atoms with Gasteiger partial charge in [0.2, 0.25) is 5.91 Å². The van der Waals surface area contributed by atoms with Gasteiger partial charge in [-0.05, 0) is 45.9 Å². The van der Waals surface area contributed by atoms with Crippen LogP contribution in [-0.2, 0) is 4.79 Å². The van der Waals surface area contributed by atoms with E-state index in [-0.39, 0.29) is 11.9 Å². The van der Waals surface area contributed by atoms with Gasteiger partial charge >= 0.3 is 0 Å². The van der Waals surface area contributed by atoms with E-state index in [1.807, 2.05) is 43.0 Å². The van der Waals surface area contributed by atoms with Gasteiger partial charge < -0.3 is 15.0 Å². The molecule has 104 valence electrons. The van der Waals surface area contributed by atoms with Gasteiger partial charge in [0.1, 0.15) is 5.75 Å². The number of ether oxygens (including phenoxy) is 1. The molecule has 0 saturated carbocycles. The number of carbonyl (C=O) groups is 1. The monoisotopic (exact) mass is 262 g/mol. The Hall–Kier alpha value is -1.55. The Morgan fingerprint density at radius 2 is 2.16 bits per heavy atom. The van der Waals surface area contributed by atoms with E-state index in [1.165, 1.54) is 0 Å². The minimum atomic E-state index is -0.534. The Balaban J connectivity index is 2.40. The zero-order valence-corrected chi connectivity index (χ0v) is 12.1. The van der Waals surface area contributed by atoms with Gasteiger partial charge in [0.15, 0.2) is 0 Å². The molecule has 0 bridgehead atoms. The van der Waals surface area contributed by atoms with Crippen molar-refractivity contribution in [2.24, 2.45) is 0 Å². The largest absolute Gasteiger partial charge is 0.497 e. The predicted octanol–water partition coefficient (Wildman–Crippen LogP) is 2.19. The summed E-state index contributed by atoms with van der Waals surface area (Å²) >= 11 is 0. The number of anilines is 1. The van der Waals surface area contributed by atoms with Crippen molar-refractivity contribution in [1.82, 2.24) is 5.32 Å². The van der Waals surface area contributed by atoms with Gasteiger partial charge in [0.05, 0.1) is 12.6 Å². The topological polar surface area (TPSA) is 41.6 Å². The normalized spacial score (nSPS) is 23.1. The SMILES string of the molecule is COc1cccc(N2C(=O)C(C)(C)NCCC2C)c1. The second kappa shape index (κ2) is 5.21. The first-order valence-corrected chi connectivity index (χ1v) is 6.68. The van der Waals surface area contributed by atoms with Gasteiger partial charge in [-0.1, -0.05) is 6.07 Å². The highest BCUT2D eigenvalue weighted by Crippen LogP contribution is 2.27. The standard InChI is InChI=1S/C15H22N2O2/c1-11-8-9-16-15(2,3)14(18)17(11)12-6-5-7-13(10-12)19-4/h5-7,10-11,16H,8-9H2,1-4H3. The molecule has 1 aromatic carbocycles. The fourth-order valence-electron chi connectivity index (χ4n) is 2.43. The van der Waals surface area contributed by atoms with Gasteiger partial charge in [-0.2, -0.15) is 0 Å². The Bertz CT molecular complexity index is 471. The molecule has 1 N–H and O–H groups in total. The summed E-state index contributed by atoms with van der Waals surface area (Å²) in [4.78, 5) is 14.6. The summed E-state index contributed by atoms with van der Waals surface area (Å²) < 4.78 is 5.25. The van der Waals surface area contributed by atoms with E-state index in [2.05, 4.69) is 12.2 Å². The number of amides is 1. The summed E-state index contributed by atoms with van der Waals surface area (Å²) in [6.45, 7) is 6.79. The Morgan fingerprint density at radius 3 is 2.84 bits per heavy atom. The fraction of sp³-hybridized carbons (Fsp3) is 0.533. The van der Waals surface area contributed by atoms with Crippen molar-refractivity contribution in [2.45, 2.75) is 38.8 Å². The van der Waals surface area contributed by atoms with E-state index in [9.17, 15) is 4.79 Å². The smallest absolute Gasteiger partial charge is 0.246 e. The lowest BCUT2D eigenvalue weighted by molar-refractivity contribution is -0.123. The van der Waals surface area contributed by atoms with E-state index < -0.39 is 5.54 Å². The van der Waals surface area contributed by atoms with Crippen LogP contribution >= 0.6 is 0 Å². The summed E-state index contributed by atoms with van der Waals surface area (Å²) in [5, 5.41) is 3.31. The number of nitrogens with one attached hydrogen (secondary N) is 1. The molecular formula is C15H22N2O2. The van der Waals surface area contributed by atoms with Crippen LogP contribution in [0.1, 0.15) is 27.2 Å². The average Bonchev–Trinajstić information content (AvgIpc) is 2.47. The van der Waals surface area contributed by atoms with Crippen LogP contribution in [0.2, 0.25) is 0 Å². The van der Waals surface area contributed by atoms with Gasteiger partial charge in [0, 0.05) is 17.8 Å². The van der Waals surface area contributed by atoms with Crippen LogP contribution in [-0.4, -0.2) is 31.1 Å². The number of methoxy groups -OCH3 is 1. The van der Waals surface area contributed by atoms with Gasteiger partial charge in [-0.25, -0.2) is 0 Å². The van der Waals surface area contributed by atoms with E-state index >= 15 is 0 Å². The summed E-state index contributed by atoms with van der Waals surface area (Å²) in [6, 6.07) is 7.85. The lowest BCUT2D eigenvalue weighted by atomic mass is 10.0. The number of benzene rings is 1. The molecule has 1 amide bonds. The van der Waals surface area contributed by atoms with Gasteiger partial charge in [-0.15, -0.1) is 0 Å². The molecule has 1 heterocycles. The van der Waals surface area contributed by atoms with E-state index in [0.717, 1.165) is 24.4 Å². The van der Waals surface area contributed by atoms with Crippen LogP contribution in [0.15, 0.2) is 24.3 Å². The van der Waals surface area contributed by atoms with Crippen LogP contribution in [0.5, 0.6) is 5.75 Å². The Labute approximate surface area is 114 Å². The minimum absolute atomic E-state index is 0.103. The molecule has 0 aliphatic carbocycles. The lowest BCUT2D eigenvalue weighted by Crippen LogP contribution is -2.53. The Kier molecular flexibility index (Phi) is 3.80. The molecule has 1 atom stereocenters. The van der Waals surface area contributed by atoms with Crippen molar-refractivity contribution in [3.63, 3.8) is 0 Å². The number of hydrogen-bond acceptors (Lipinski definition) is 3. The maximum atomic E-state index is 12.7. The Morgan fingerprint density at radius 1 is 1.42 bits per heavy atom. The second-order valence-electron chi connectivity index (χ2n) is 5.57. The van der Waals surface area contributed by atoms with E-state index in [4.69, 9.17) is 4.74 Å². The van der Waals surface area contributed by atoms with Crippen molar-refractivity contribution in [3.05, 3.63) is 24.3 Å². The predicted molar refractivity (Wildman–Crippen MR) is 76.6 cm³/mol. The molecule has 0 spiro atoms. The highest BCUT2D eigenvalue weighted by molar-refractivity contribution is 6.00. The molecule has 1 saturated heterocycles. The zero-order valence-electron chi connectivity index (χ0n) is 12.1. The zero-order chi connectivity index (χ0) is 14.0. The number of rotatable bonds is 2. The lowest BCUT2D eigenvalue weighted by Gasteiger charge is -2.32. The molecule has 1 aliphatic heterocycles. The van der Waals surface area contributed by atoms with Gasteiger partial charge in [-0.3, -0.25) is 4.79 Å². The quantitative estimate of drug-likeness (QED) is 0.888. The van der Waals surface area contributed by atoms with Crippen molar-refractivity contribution in [2.75, 3.05) is 18.6 Å². The van der Waals surface area contributed by atoms with Crippen LogP contribution in [0.25, 0.3) is 0 Å². The second-order valence-corrected chi connectivity index (χ2v) is 5.57. The van der Waals surface area contributed by atoms with E-state index in [0.29, 0.717) is 0 Å². The van der Waals surface area contributed by atoms with Crippen LogP contribution in [0.3, 0.4) is 0 Å². The average molecular weight is 262 g/mol. The first-order chi connectivity index (χ1) is 8.95. The summed E-state index contributed by atoms with van der Waals surface area (Å²) in [5.41, 5.74) is 0.363. The maximum Gasteiger partial charge on any atom is 0.246 e. The van der Waals surface area contributed by atoms with Crippen molar-refractivity contribution in [3.8, 4) is 5.75 Å². The molecule has 1 fully saturated rings. The third-order valence-electron chi connectivity index (χ3n) is 3.65. The number of nitrogens with zero attached hydrogens (tertiary/aromatic N) is 1. The van der Waals surface area contributed by atoms with Crippen LogP contribution < -0.4 is 15.0 Å². The number of hydrogen-bond donors (Lipinski definition) is 1. The van der Waals surface area contributed by atoms with Crippen molar-refractivity contribution < 1.29 is 9.53 Å². The van der Waals surface area contributed by atoms with Crippen molar-refractivity contribution in [1.29, 1.82) is 0 Å². The number of carbonyl (C=O) groups excluding carboxylic acids is 1. The fourth-order valence-corrected chi connectivity index (χ4v) is 2.43. The highest BCUT2D eigenvalue weighted by Gasteiger charge is 2.37. The van der Waals surface area contributed by atoms with Crippen molar-refractivity contribution >= 4 is 11.6 Å². The molecule has 1 unspecified atom stereocenters. The molecule has 1 aromatic rings. The maximum absolute atomic E-state index is 12.7. The molecule has 2 rings (SSSR count). The highest BCUT2D eigenvalue weighted by atomic mass is 16.5. The third-order valence-corrected chi connectivity index (χ3v) is 3.65. The minimum Gasteiger partial charge on any atom is -0.497 e. The molecule has 4 nitrogen and oxygen atoms in total. The summed E-state index contributed by atoms with van der Waals surface area (Å²) in [6.07, 6.45) is 0.937. The first kappa shape index (κ1) is 13.9. The molecule has 19 heavy (non-hydrogen) atoms. The summed E-state index contributed by atoms with van der Waals surface area (Å²) in [5.74, 6) is 0.873. The van der Waals surface area contributed by atoms with E-state index in [1.54, 1.807) is 7.11 Å².